The molecule has 1 heteroatoms. The van der Waals surface area contributed by atoms with E-state index in [-0.39, 0.29) is 11.8 Å². The van der Waals surface area contributed by atoms with E-state index in [4.69, 9.17) is 0 Å². The average molecular weight is 268 g/mol. The molecule has 0 aromatic rings. The average Bonchev–Trinajstić information content (AvgIpc) is 2.39. The molecule has 0 N–H and O–H groups in total. The van der Waals surface area contributed by atoms with E-state index >= 15 is 0 Å². The normalized spacial score (nSPS) is 12.9. The SMILES string of the molecule is CCCCCCCCCCCCC(C)C(=O)C(C)C. The van der Waals surface area contributed by atoms with Crippen molar-refractivity contribution in [2.75, 3.05) is 0 Å². The summed E-state index contributed by atoms with van der Waals surface area (Å²) in [6.45, 7) is 8.38. The summed E-state index contributed by atoms with van der Waals surface area (Å²) >= 11 is 0. The van der Waals surface area contributed by atoms with Crippen LogP contribution in [-0.4, -0.2) is 5.78 Å². The van der Waals surface area contributed by atoms with Crippen molar-refractivity contribution < 1.29 is 4.79 Å². The summed E-state index contributed by atoms with van der Waals surface area (Å²) < 4.78 is 0. The maximum absolute atomic E-state index is 11.7. The van der Waals surface area contributed by atoms with Gasteiger partial charge in [0.25, 0.3) is 0 Å². The van der Waals surface area contributed by atoms with Crippen LogP contribution in [0.1, 0.15) is 98.3 Å². The van der Waals surface area contributed by atoms with Crippen molar-refractivity contribution in [3.05, 3.63) is 0 Å². The van der Waals surface area contributed by atoms with Crippen molar-refractivity contribution in [2.24, 2.45) is 11.8 Å². The van der Waals surface area contributed by atoms with E-state index in [0.29, 0.717) is 5.78 Å². The second-order valence-corrected chi connectivity index (χ2v) is 6.43. The molecule has 0 amide bonds. The fourth-order valence-corrected chi connectivity index (χ4v) is 2.65. The Morgan fingerprint density at radius 2 is 1.16 bits per heavy atom. The van der Waals surface area contributed by atoms with E-state index < -0.39 is 0 Å². The Labute approximate surface area is 121 Å². The number of Topliss-reactive ketones (excluding diaryl/α,β-unsaturated/α-hetero) is 1. The molecule has 0 aromatic carbocycles. The van der Waals surface area contributed by atoms with E-state index in [9.17, 15) is 4.79 Å². The molecule has 0 aliphatic heterocycles. The van der Waals surface area contributed by atoms with Crippen LogP contribution in [0.2, 0.25) is 0 Å². The molecule has 1 nitrogen and oxygen atoms in total. The number of rotatable bonds is 13. The summed E-state index contributed by atoms with van der Waals surface area (Å²) in [5, 5.41) is 0. The second-order valence-electron chi connectivity index (χ2n) is 6.43. The number of carbonyl (C=O) groups is 1. The number of hydrogen-bond donors (Lipinski definition) is 0. The minimum atomic E-state index is 0.207. The molecule has 1 unspecified atom stereocenters. The molecule has 0 rings (SSSR count). The number of unbranched alkanes of at least 4 members (excludes halogenated alkanes) is 9. The van der Waals surface area contributed by atoms with Gasteiger partial charge in [-0.05, 0) is 6.42 Å². The first kappa shape index (κ1) is 18.7. The van der Waals surface area contributed by atoms with E-state index in [2.05, 4.69) is 13.8 Å². The first-order valence-electron chi connectivity index (χ1n) is 8.63. The smallest absolute Gasteiger partial charge is 0.138 e. The zero-order valence-electron chi connectivity index (χ0n) is 13.8. The summed E-state index contributed by atoms with van der Waals surface area (Å²) in [5.74, 6) is 0.920. The lowest BCUT2D eigenvalue weighted by Gasteiger charge is -2.12. The van der Waals surface area contributed by atoms with Crippen molar-refractivity contribution in [3.63, 3.8) is 0 Å². The molecule has 0 aliphatic carbocycles. The molecule has 0 aromatic heterocycles. The molecular formula is C18H36O. The molecule has 0 spiro atoms. The first-order chi connectivity index (χ1) is 9.09. The third kappa shape index (κ3) is 11.2. The Morgan fingerprint density at radius 3 is 1.58 bits per heavy atom. The van der Waals surface area contributed by atoms with Gasteiger partial charge < -0.3 is 0 Å². The third-order valence-electron chi connectivity index (χ3n) is 4.05. The lowest BCUT2D eigenvalue weighted by atomic mass is 9.92. The largest absolute Gasteiger partial charge is 0.299 e. The Hall–Kier alpha value is -0.330. The van der Waals surface area contributed by atoms with Crippen LogP contribution >= 0.6 is 0 Å². The minimum absolute atomic E-state index is 0.207. The Kier molecular flexibility index (Phi) is 12.5. The summed E-state index contributed by atoms with van der Waals surface area (Å²) in [6, 6.07) is 0. The molecule has 19 heavy (non-hydrogen) atoms. The molecule has 0 radical (unpaired) electrons. The van der Waals surface area contributed by atoms with E-state index in [1.54, 1.807) is 0 Å². The van der Waals surface area contributed by atoms with Gasteiger partial charge in [0.2, 0.25) is 0 Å². The van der Waals surface area contributed by atoms with Gasteiger partial charge in [-0.2, -0.15) is 0 Å². The van der Waals surface area contributed by atoms with Crippen LogP contribution in [0.3, 0.4) is 0 Å². The van der Waals surface area contributed by atoms with E-state index in [0.717, 1.165) is 6.42 Å². The van der Waals surface area contributed by atoms with Crippen LogP contribution in [0.15, 0.2) is 0 Å². The van der Waals surface area contributed by atoms with Gasteiger partial charge in [-0.1, -0.05) is 91.9 Å². The molecule has 0 bridgehead atoms. The van der Waals surface area contributed by atoms with Crippen molar-refractivity contribution in [3.8, 4) is 0 Å². The molecule has 0 heterocycles. The van der Waals surface area contributed by atoms with Gasteiger partial charge in [-0.25, -0.2) is 0 Å². The van der Waals surface area contributed by atoms with Crippen LogP contribution in [0.25, 0.3) is 0 Å². The van der Waals surface area contributed by atoms with Gasteiger partial charge in [0.1, 0.15) is 5.78 Å². The van der Waals surface area contributed by atoms with Gasteiger partial charge in [0, 0.05) is 11.8 Å². The zero-order chi connectivity index (χ0) is 14.5. The molecule has 0 fully saturated rings. The molecule has 114 valence electrons. The Bertz CT molecular complexity index is 208. The lowest BCUT2D eigenvalue weighted by Crippen LogP contribution is -2.16. The van der Waals surface area contributed by atoms with Gasteiger partial charge in [0.05, 0.1) is 0 Å². The van der Waals surface area contributed by atoms with Crippen LogP contribution in [0.5, 0.6) is 0 Å². The van der Waals surface area contributed by atoms with Gasteiger partial charge in [-0.15, -0.1) is 0 Å². The monoisotopic (exact) mass is 268 g/mol. The topological polar surface area (TPSA) is 17.1 Å². The Morgan fingerprint density at radius 1 is 0.737 bits per heavy atom. The molecule has 1 atom stereocenters. The Balaban J connectivity index is 3.25. The third-order valence-corrected chi connectivity index (χ3v) is 4.05. The maximum atomic E-state index is 11.7. The molecule has 0 aliphatic rings. The van der Waals surface area contributed by atoms with Crippen molar-refractivity contribution in [1.29, 1.82) is 0 Å². The van der Waals surface area contributed by atoms with Crippen molar-refractivity contribution >= 4 is 5.78 Å². The predicted molar refractivity (Wildman–Crippen MR) is 85.5 cm³/mol. The highest BCUT2D eigenvalue weighted by molar-refractivity contribution is 5.82. The second kappa shape index (κ2) is 12.7. The fraction of sp³-hybridized carbons (Fsp3) is 0.944. The summed E-state index contributed by atoms with van der Waals surface area (Å²) in [7, 11) is 0. The van der Waals surface area contributed by atoms with Crippen LogP contribution < -0.4 is 0 Å². The zero-order valence-corrected chi connectivity index (χ0v) is 13.8. The van der Waals surface area contributed by atoms with Gasteiger partial charge in [0.15, 0.2) is 0 Å². The highest BCUT2D eigenvalue weighted by Gasteiger charge is 2.15. The summed E-state index contributed by atoms with van der Waals surface area (Å²) in [6.07, 6.45) is 14.8. The summed E-state index contributed by atoms with van der Waals surface area (Å²) in [5.41, 5.74) is 0. The fourth-order valence-electron chi connectivity index (χ4n) is 2.65. The molecular weight excluding hydrogens is 232 g/mol. The summed E-state index contributed by atoms with van der Waals surface area (Å²) in [4.78, 5) is 11.7. The van der Waals surface area contributed by atoms with Crippen LogP contribution in [-0.2, 0) is 4.79 Å². The number of carbonyl (C=O) groups excluding carboxylic acids is 1. The van der Waals surface area contributed by atoms with E-state index in [1.165, 1.54) is 64.2 Å². The van der Waals surface area contributed by atoms with Gasteiger partial charge >= 0.3 is 0 Å². The highest BCUT2D eigenvalue weighted by Crippen LogP contribution is 2.16. The quantitative estimate of drug-likeness (QED) is 0.366. The van der Waals surface area contributed by atoms with Crippen molar-refractivity contribution in [1.82, 2.24) is 0 Å². The maximum Gasteiger partial charge on any atom is 0.138 e. The molecule has 0 saturated heterocycles. The molecule has 0 saturated carbocycles. The number of ketones is 1. The van der Waals surface area contributed by atoms with Crippen LogP contribution in [0.4, 0.5) is 0 Å². The standard InChI is InChI=1S/C18H36O/c1-5-6-7-8-9-10-11-12-13-14-15-17(4)18(19)16(2)3/h16-17H,5-15H2,1-4H3. The number of hydrogen-bond acceptors (Lipinski definition) is 1. The van der Waals surface area contributed by atoms with Gasteiger partial charge in [-0.3, -0.25) is 4.79 Å². The highest BCUT2D eigenvalue weighted by atomic mass is 16.1. The van der Waals surface area contributed by atoms with E-state index in [1.807, 2.05) is 13.8 Å². The minimum Gasteiger partial charge on any atom is -0.299 e. The van der Waals surface area contributed by atoms with Crippen LogP contribution in [0, 0.1) is 11.8 Å². The lowest BCUT2D eigenvalue weighted by molar-refractivity contribution is -0.125. The predicted octanol–water partition coefficient (Wildman–Crippen LogP) is 6.16. The van der Waals surface area contributed by atoms with Crippen molar-refractivity contribution in [2.45, 2.75) is 98.3 Å². The first-order valence-corrected chi connectivity index (χ1v) is 8.63.